The van der Waals surface area contributed by atoms with Crippen molar-refractivity contribution in [2.75, 3.05) is 31.1 Å². The molecule has 30 heavy (non-hydrogen) atoms. The van der Waals surface area contributed by atoms with E-state index < -0.39 is 12.1 Å². The van der Waals surface area contributed by atoms with E-state index >= 15 is 0 Å². The number of carbonyl (C=O) groups excluding carboxylic acids is 2. The molecular weight excluding hydrogens is 385 g/mol. The van der Waals surface area contributed by atoms with Crippen LogP contribution in [0.15, 0.2) is 54.6 Å². The van der Waals surface area contributed by atoms with E-state index in [-0.39, 0.29) is 24.2 Å². The standard InChI is InChI=1S/C23H28FN3O3/c1-17(2)21(25-23(29)30-16-18-8-4-3-5-9-18)22(28)27-14-12-26(13-15-27)20-11-7-6-10-19(20)24/h3-11,17,21H,12-16H2,1-2H3,(H,25,29). The lowest BCUT2D eigenvalue weighted by Crippen LogP contribution is -2.56. The van der Waals surface area contributed by atoms with Gasteiger partial charge in [0.25, 0.3) is 0 Å². The molecule has 1 aliphatic rings. The van der Waals surface area contributed by atoms with Gasteiger partial charge in [0.05, 0.1) is 5.69 Å². The van der Waals surface area contributed by atoms with Crippen LogP contribution in [0, 0.1) is 11.7 Å². The normalized spacial score (nSPS) is 15.1. The average molecular weight is 413 g/mol. The van der Waals surface area contributed by atoms with Crippen molar-refractivity contribution in [3.63, 3.8) is 0 Å². The van der Waals surface area contributed by atoms with Gasteiger partial charge < -0.3 is 19.9 Å². The van der Waals surface area contributed by atoms with E-state index in [1.165, 1.54) is 6.07 Å². The molecule has 3 rings (SSSR count). The molecule has 1 saturated heterocycles. The quantitative estimate of drug-likeness (QED) is 0.788. The summed E-state index contributed by atoms with van der Waals surface area (Å²) in [6.45, 7) is 5.93. The van der Waals surface area contributed by atoms with Crippen molar-refractivity contribution in [2.45, 2.75) is 26.5 Å². The van der Waals surface area contributed by atoms with Gasteiger partial charge in [-0.05, 0) is 23.6 Å². The smallest absolute Gasteiger partial charge is 0.408 e. The third-order valence-corrected chi connectivity index (χ3v) is 5.20. The number of alkyl carbamates (subject to hydrolysis) is 1. The van der Waals surface area contributed by atoms with Gasteiger partial charge in [-0.15, -0.1) is 0 Å². The van der Waals surface area contributed by atoms with Crippen molar-refractivity contribution in [2.24, 2.45) is 5.92 Å². The number of benzene rings is 2. The van der Waals surface area contributed by atoms with Crippen molar-refractivity contribution >= 4 is 17.7 Å². The number of anilines is 1. The van der Waals surface area contributed by atoms with Gasteiger partial charge in [0.2, 0.25) is 5.91 Å². The lowest BCUT2D eigenvalue weighted by Gasteiger charge is -2.38. The molecule has 7 heteroatoms. The maximum Gasteiger partial charge on any atom is 0.408 e. The highest BCUT2D eigenvalue weighted by molar-refractivity contribution is 5.86. The summed E-state index contributed by atoms with van der Waals surface area (Å²) in [5, 5.41) is 2.71. The average Bonchev–Trinajstić information content (AvgIpc) is 2.76. The Balaban J connectivity index is 1.54. The molecule has 160 valence electrons. The van der Waals surface area contributed by atoms with Crippen LogP contribution in [0.2, 0.25) is 0 Å². The zero-order valence-electron chi connectivity index (χ0n) is 17.4. The van der Waals surface area contributed by atoms with E-state index in [4.69, 9.17) is 4.74 Å². The van der Waals surface area contributed by atoms with Gasteiger partial charge in [-0.3, -0.25) is 4.79 Å². The number of para-hydroxylation sites is 1. The molecule has 0 aromatic heterocycles. The molecule has 1 atom stereocenters. The monoisotopic (exact) mass is 413 g/mol. The fraction of sp³-hybridized carbons (Fsp3) is 0.391. The van der Waals surface area contributed by atoms with Crippen molar-refractivity contribution in [1.82, 2.24) is 10.2 Å². The molecule has 1 unspecified atom stereocenters. The number of ether oxygens (including phenoxy) is 1. The number of amides is 2. The molecule has 2 aromatic carbocycles. The molecule has 6 nitrogen and oxygen atoms in total. The van der Waals surface area contributed by atoms with E-state index in [9.17, 15) is 14.0 Å². The third kappa shape index (κ3) is 5.49. The van der Waals surface area contributed by atoms with E-state index in [2.05, 4.69) is 5.32 Å². The third-order valence-electron chi connectivity index (χ3n) is 5.20. The number of nitrogens with zero attached hydrogens (tertiary/aromatic N) is 2. The Morgan fingerprint density at radius 2 is 1.63 bits per heavy atom. The van der Waals surface area contributed by atoms with Crippen LogP contribution in [-0.4, -0.2) is 49.1 Å². The van der Waals surface area contributed by atoms with Crippen molar-refractivity contribution in [1.29, 1.82) is 0 Å². The molecule has 1 aliphatic heterocycles. The van der Waals surface area contributed by atoms with Gasteiger partial charge in [-0.2, -0.15) is 0 Å². The Labute approximate surface area is 176 Å². The van der Waals surface area contributed by atoms with Gasteiger partial charge in [-0.25, -0.2) is 9.18 Å². The molecule has 0 spiro atoms. The lowest BCUT2D eigenvalue weighted by molar-refractivity contribution is -0.134. The van der Waals surface area contributed by atoms with Gasteiger partial charge in [0.1, 0.15) is 18.5 Å². The van der Waals surface area contributed by atoms with Crippen LogP contribution >= 0.6 is 0 Å². The lowest BCUT2D eigenvalue weighted by atomic mass is 10.0. The SMILES string of the molecule is CC(C)C(NC(=O)OCc1ccccc1)C(=O)N1CCN(c2ccccc2F)CC1. The second-order valence-electron chi connectivity index (χ2n) is 7.69. The van der Waals surface area contributed by atoms with Gasteiger partial charge >= 0.3 is 6.09 Å². The van der Waals surface area contributed by atoms with Gasteiger partial charge in [0, 0.05) is 26.2 Å². The minimum Gasteiger partial charge on any atom is -0.445 e. The number of hydrogen-bond acceptors (Lipinski definition) is 4. The summed E-state index contributed by atoms with van der Waals surface area (Å²) >= 11 is 0. The largest absolute Gasteiger partial charge is 0.445 e. The minimum atomic E-state index is -0.673. The Bertz CT molecular complexity index is 852. The predicted molar refractivity (Wildman–Crippen MR) is 114 cm³/mol. The fourth-order valence-electron chi connectivity index (χ4n) is 3.48. The first-order valence-electron chi connectivity index (χ1n) is 10.2. The van der Waals surface area contributed by atoms with Crippen molar-refractivity contribution < 1.29 is 18.7 Å². The number of halogens is 1. The summed E-state index contributed by atoms with van der Waals surface area (Å²) in [6.07, 6.45) is -0.615. The van der Waals surface area contributed by atoms with E-state index in [0.29, 0.717) is 31.9 Å². The summed E-state index contributed by atoms with van der Waals surface area (Å²) in [5.74, 6) is -0.499. The summed E-state index contributed by atoms with van der Waals surface area (Å²) in [6, 6.07) is 15.3. The zero-order chi connectivity index (χ0) is 21.5. The molecule has 0 saturated carbocycles. The van der Waals surface area contributed by atoms with Crippen LogP contribution in [0.4, 0.5) is 14.9 Å². The topological polar surface area (TPSA) is 61.9 Å². The first-order valence-corrected chi connectivity index (χ1v) is 10.2. The highest BCUT2D eigenvalue weighted by Gasteiger charge is 2.31. The maximum atomic E-state index is 14.0. The van der Waals surface area contributed by atoms with Crippen molar-refractivity contribution in [3.8, 4) is 0 Å². The molecular formula is C23H28FN3O3. The fourth-order valence-corrected chi connectivity index (χ4v) is 3.48. The number of rotatable bonds is 6. The van der Waals surface area contributed by atoms with Crippen LogP contribution in [0.25, 0.3) is 0 Å². The molecule has 2 amide bonds. The highest BCUT2D eigenvalue weighted by atomic mass is 19.1. The van der Waals surface area contributed by atoms with Crippen LogP contribution in [0.3, 0.4) is 0 Å². The second-order valence-corrected chi connectivity index (χ2v) is 7.69. The number of hydrogen-bond donors (Lipinski definition) is 1. The van der Waals surface area contributed by atoms with E-state index in [1.807, 2.05) is 49.1 Å². The molecule has 1 N–H and O–H groups in total. The summed E-state index contributed by atoms with van der Waals surface area (Å²) < 4.78 is 19.3. The summed E-state index contributed by atoms with van der Waals surface area (Å²) in [5.41, 5.74) is 1.43. The molecule has 2 aromatic rings. The maximum absolute atomic E-state index is 14.0. The Morgan fingerprint density at radius 1 is 1.00 bits per heavy atom. The van der Waals surface area contributed by atoms with Gasteiger partial charge in [-0.1, -0.05) is 56.3 Å². The Morgan fingerprint density at radius 3 is 2.27 bits per heavy atom. The first kappa shape index (κ1) is 21.6. The molecule has 0 aliphatic carbocycles. The van der Waals surface area contributed by atoms with Gasteiger partial charge in [0.15, 0.2) is 0 Å². The summed E-state index contributed by atoms with van der Waals surface area (Å²) in [7, 11) is 0. The summed E-state index contributed by atoms with van der Waals surface area (Å²) in [4.78, 5) is 28.9. The second kappa shape index (κ2) is 10.1. The molecule has 1 heterocycles. The molecule has 0 bridgehead atoms. The van der Waals surface area contributed by atoms with E-state index in [1.54, 1.807) is 23.1 Å². The number of nitrogens with one attached hydrogen (secondary N) is 1. The minimum absolute atomic E-state index is 0.0913. The number of piperazine rings is 1. The first-order chi connectivity index (χ1) is 14.5. The predicted octanol–water partition coefficient (Wildman–Crippen LogP) is 3.43. The Kier molecular flexibility index (Phi) is 7.27. The number of carbonyl (C=O) groups is 2. The van der Waals surface area contributed by atoms with Crippen LogP contribution in [0.5, 0.6) is 0 Å². The Hall–Kier alpha value is -3.09. The van der Waals surface area contributed by atoms with Crippen LogP contribution in [-0.2, 0) is 16.1 Å². The van der Waals surface area contributed by atoms with E-state index in [0.717, 1.165) is 5.56 Å². The van der Waals surface area contributed by atoms with Crippen LogP contribution < -0.4 is 10.2 Å². The highest BCUT2D eigenvalue weighted by Crippen LogP contribution is 2.20. The molecule has 1 fully saturated rings. The zero-order valence-corrected chi connectivity index (χ0v) is 17.4. The van der Waals surface area contributed by atoms with Crippen LogP contribution in [0.1, 0.15) is 19.4 Å². The molecule has 0 radical (unpaired) electrons. The van der Waals surface area contributed by atoms with Crippen molar-refractivity contribution in [3.05, 3.63) is 66.0 Å².